The van der Waals surface area contributed by atoms with Crippen LogP contribution in [0.1, 0.15) is 79.6 Å². The number of hydrogen-bond acceptors (Lipinski definition) is 6. The number of carbonyl (C=O) groups excluding carboxylic acids is 4. The van der Waals surface area contributed by atoms with Crippen molar-refractivity contribution in [1.82, 2.24) is 5.32 Å². The first-order valence-electron chi connectivity index (χ1n) is 10.6. The van der Waals surface area contributed by atoms with E-state index in [4.69, 9.17) is 9.47 Å². The molecule has 0 aromatic heterocycles. The van der Waals surface area contributed by atoms with E-state index in [2.05, 4.69) is 5.32 Å². The summed E-state index contributed by atoms with van der Waals surface area (Å²) < 4.78 is 10.2. The monoisotopic (exact) mass is 411 g/mol. The number of Topliss-reactive ketones (excluding diaryl/α,β-unsaturated/α-hetero) is 1. The van der Waals surface area contributed by atoms with Crippen LogP contribution in [0.25, 0.3) is 0 Å². The summed E-state index contributed by atoms with van der Waals surface area (Å²) >= 11 is 0. The maximum atomic E-state index is 12.9. The van der Waals surface area contributed by atoms with Crippen LogP contribution < -0.4 is 5.32 Å². The molecule has 1 N–H and O–H groups in total. The van der Waals surface area contributed by atoms with Crippen LogP contribution >= 0.6 is 0 Å². The summed E-state index contributed by atoms with van der Waals surface area (Å²) in [5.41, 5.74) is -0.633. The zero-order valence-electron chi connectivity index (χ0n) is 18.7. The Morgan fingerprint density at radius 2 is 1.83 bits per heavy atom. The molecule has 166 valence electrons. The van der Waals surface area contributed by atoms with E-state index in [-0.39, 0.29) is 36.4 Å². The summed E-state index contributed by atoms with van der Waals surface area (Å²) in [4.78, 5) is 49.6. The number of ether oxygens (including phenoxy) is 2. The van der Waals surface area contributed by atoms with Crippen molar-refractivity contribution < 1.29 is 28.7 Å². The van der Waals surface area contributed by atoms with Gasteiger partial charge in [-0.25, -0.2) is 4.79 Å². The van der Waals surface area contributed by atoms with E-state index in [1.54, 1.807) is 20.8 Å². The zero-order valence-corrected chi connectivity index (χ0v) is 18.7. The van der Waals surface area contributed by atoms with Crippen molar-refractivity contribution in [3.05, 3.63) is 0 Å². The minimum atomic E-state index is -0.896. The molecule has 0 aliphatic heterocycles. The predicted molar refractivity (Wildman–Crippen MR) is 109 cm³/mol. The van der Waals surface area contributed by atoms with Gasteiger partial charge >= 0.3 is 11.9 Å². The highest BCUT2D eigenvalue weighted by molar-refractivity contribution is 5.89. The molecule has 0 radical (unpaired) electrons. The van der Waals surface area contributed by atoms with Crippen LogP contribution in [-0.2, 0) is 28.7 Å². The lowest BCUT2D eigenvalue weighted by Gasteiger charge is -2.27. The van der Waals surface area contributed by atoms with Gasteiger partial charge in [-0.05, 0) is 52.4 Å². The van der Waals surface area contributed by atoms with E-state index in [0.717, 1.165) is 19.3 Å². The van der Waals surface area contributed by atoms with Gasteiger partial charge in [0.25, 0.3) is 0 Å². The Bertz CT molecular complexity index is 593. The van der Waals surface area contributed by atoms with E-state index in [1.165, 1.54) is 7.11 Å². The SMILES string of the molecule is COC(=O)[C@H](C[C@@H]1CCCCC1=O)NC(=O)[C@@H](CC(=O)OC(C)(C)C)CC(C)C. The number of esters is 2. The largest absolute Gasteiger partial charge is 0.467 e. The fourth-order valence-corrected chi connectivity index (χ4v) is 3.67. The molecule has 1 aliphatic rings. The first-order chi connectivity index (χ1) is 13.4. The molecule has 0 bridgehead atoms. The van der Waals surface area contributed by atoms with Crippen molar-refractivity contribution in [2.45, 2.75) is 91.2 Å². The Morgan fingerprint density at radius 3 is 2.34 bits per heavy atom. The molecule has 0 aromatic rings. The van der Waals surface area contributed by atoms with E-state index in [9.17, 15) is 19.2 Å². The maximum absolute atomic E-state index is 12.9. The van der Waals surface area contributed by atoms with E-state index in [0.29, 0.717) is 12.8 Å². The number of hydrogen-bond donors (Lipinski definition) is 1. The highest BCUT2D eigenvalue weighted by Crippen LogP contribution is 2.25. The maximum Gasteiger partial charge on any atom is 0.328 e. The second-order valence-electron chi connectivity index (χ2n) is 9.35. The van der Waals surface area contributed by atoms with E-state index >= 15 is 0 Å². The molecule has 3 atom stereocenters. The molecule has 0 heterocycles. The van der Waals surface area contributed by atoms with Gasteiger partial charge in [-0.1, -0.05) is 20.3 Å². The first-order valence-corrected chi connectivity index (χ1v) is 10.6. The summed E-state index contributed by atoms with van der Waals surface area (Å²) in [6, 6.07) is -0.896. The second-order valence-corrected chi connectivity index (χ2v) is 9.35. The molecule has 1 saturated carbocycles. The van der Waals surface area contributed by atoms with Crippen molar-refractivity contribution >= 4 is 23.6 Å². The van der Waals surface area contributed by atoms with Crippen LogP contribution in [0.5, 0.6) is 0 Å². The predicted octanol–water partition coefficient (Wildman–Crippen LogP) is 3.19. The molecular formula is C22H37NO6. The van der Waals surface area contributed by atoms with Crippen molar-refractivity contribution in [2.24, 2.45) is 17.8 Å². The van der Waals surface area contributed by atoms with Crippen molar-refractivity contribution in [3.63, 3.8) is 0 Å². The Kier molecular flexibility index (Phi) is 9.80. The Morgan fingerprint density at radius 1 is 1.17 bits per heavy atom. The van der Waals surface area contributed by atoms with E-state index < -0.39 is 29.5 Å². The third kappa shape index (κ3) is 9.41. The van der Waals surface area contributed by atoms with Gasteiger partial charge < -0.3 is 14.8 Å². The van der Waals surface area contributed by atoms with Crippen molar-refractivity contribution in [3.8, 4) is 0 Å². The molecule has 1 rings (SSSR count). The van der Waals surface area contributed by atoms with Crippen LogP contribution in [0.15, 0.2) is 0 Å². The highest BCUT2D eigenvalue weighted by atomic mass is 16.6. The lowest BCUT2D eigenvalue weighted by molar-refractivity contribution is -0.157. The van der Waals surface area contributed by atoms with Gasteiger partial charge in [0.1, 0.15) is 17.4 Å². The van der Waals surface area contributed by atoms with Crippen LogP contribution in [-0.4, -0.2) is 42.4 Å². The van der Waals surface area contributed by atoms with Crippen molar-refractivity contribution in [2.75, 3.05) is 7.11 Å². The fourth-order valence-electron chi connectivity index (χ4n) is 3.67. The van der Waals surface area contributed by atoms with Crippen LogP contribution in [0, 0.1) is 17.8 Å². The molecule has 0 spiro atoms. The number of ketones is 1. The Balaban J connectivity index is 2.86. The van der Waals surface area contributed by atoms with Crippen LogP contribution in [0.2, 0.25) is 0 Å². The molecule has 1 fully saturated rings. The smallest absolute Gasteiger partial charge is 0.328 e. The molecule has 1 amide bonds. The van der Waals surface area contributed by atoms with Crippen LogP contribution in [0.3, 0.4) is 0 Å². The summed E-state index contributed by atoms with van der Waals surface area (Å²) in [6.45, 7) is 9.26. The van der Waals surface area contributed by atoms with Gasteiger partial charge in [-0.3, -0.25) is 14.4 Å². The summed E-state index contributed by atoms with van der Waals surface area (Å²) in [5.74, 6) is -1.95. The summed E-state index contributed by atoms with van der Waals surface area (Å²) in [7, 11) is 1.26. The normalized spacial score (nSPS) is 19.4. The molecule has 0 unspecified atom stereocenters. The number of rotatable bonds is 9. The van der Waals surface area contributed by atoms with Gasteiger partial charge in [0, 0.05) is 18.3 Å². The minimum absolute atomic E-state index is 0.0580. The Labute approximate surface area is 174 Å². The molecule has 7 heteroatoms. The zero-order chi connectivity index (χ0) is 22.2. The summed E-state index contributed by atoms with van der Waals surface area (Å²) in [5, 5.41) is 2.74. The number of nitrogens with one attached hydrogen (secondary N) is 1. The third-order valence-electron chi connectivity index (χ3n) is 4.96. The molecular weight excluding hydrogens is 374 g/mol. The minimum Gasteiger partial charge on any atom is -0.467 e. The first kappa shape index (κ1) is 25.1. The van der Waals surface area contributed by atoms with E-state index in [1.807, 2.05) is 13.8 Å². The number of carbonyl (C=O) groups is 4. The third-order valence-corrected chi connectivity index (χ3v) is 4.96. The topological polar surface area (TPSA) is 98.8 Å². The van der Waals surface area contributed by atoms with Crippen molar-refractivity contribution in [1.29, 1.82) is 0 Å². The van der Waals surface area contributed by atoms with Gasteiger partial charge in [-0.2, -0.15) is 0 Å². The molecule has 0 saturated heterocycles. The fraction of sp³-hybridized carbons (Fsp3) is 0.818. The van der Waals surface area contributed by atoms with Crippen LogP contribution in [0.4, 0.5) is 0 Å². The van der Waals surface area contributed by atoms with Gasteiger partial charge in [-0.15, -0.1) is 0 Å². The molecule has 1 aliphatic carbocycles. The molecule has 7 nitrogen and oxygen atoms in total. The lowest BCUT2D eigenvalue weighted by Crippen LogP contribution is -2.46. The van der Waals surface area contributed by atoms with Gasteiger partial charge in [0.05, 0.1) is 13.5 Å². The lowest BCUT2D eigenvalue weighted by atomic mass is 9.83. The average molecular weight is 412 g/mol. The molecule has 0 aromatic carbocycles. The number of amides is 1. The highest BCUT2D eigenvalue weighted by Gasteiger charge is 2.33. The standard InChI is InChI=1S/C22H37NO6/c1-14(2)11-16(13-19(25)29-22(3,4)5)20(26)23-17(21(27)28-6)12-15-9-7-8-10-18(15)24/h14-17H,7-13H2,1-6H3,(H,23,26)/t15-,16+,17-/m0/s1. The number of methoxy groups -OCH3 is 1. The molecule has 29 heavy (non-hydrogen) atoms. The second kappa shape index (κ2) is 11.3. The quantitative estimate of drug-likeness (QED) is 0.585. The average Bonchev–Trinajstić information content (AvgIpc) is 2.59. The summed E-state index contributed by atoms with van der Waals surface area (Å²) in [6.07, 6.45) is 3.71. The van der Waals surface area contributed by atoms with Gasteiger partial charge in [0.2, 0.25) is 5.91 Å². The Hall–Kier alpha value is -1.92. The van der Waals surface area contributed by atoms with Gasteiger partial charge in [0.15, 0.2) is 0 Å².